The van der Waals surface area contributed by atoms with E-state index in [0.29, 0.717) is 17.1 Å². The zero-order chi connectivity index (χ0) is 24.9. The summed E-state index contributed by atoms with van der Waals surface area (Å²) in [6.07, 6.45) is 6.06. The lowest BCUT2D eigenvalue weighted by Gasteiger charge is -2.45. The van der Waals surface area contributed by atoms with Crippen molar-refractivity contribution >= 4 is 28.0 Å². The lowest BCUT2D eigenvalue weighted by molar-refractivity contribution is 0.0586. The number of nitrogens with zero attached hydrogens (tertiary/aromatic N) is 6. The predicted molar refractivity (Wildman–Crippen MR) is 149 cm³/mol. The molecule has 2 fully saturated rings. The highest BCUT2D eigenvalue weighted by atomic mass is 35.5. The van der Waals surface area contributed by atoms with Gasteiger partial charge in [-0.1, -0.05) is 60.1 Å². The van der Waals surface area contributed by atoms with E-state index >= 15 is 0 Å². The minimum Gasteiger partial charge on any atom is -0.304 e. The zero-order valence-electron chi connectivity index (χ0n) is 20.9. The van der Waals surface area contributed by atoms with Crippen molar-refractivity contribution in [2.24, 2.45) is 0 Å². The van der Waals surface area contributed by atoms with Crippen LogP contribution in [0.15, 0.2) is 73.1 Å². The van der Waals surface area contributed by atoms with E-state index in [0.717, 1.165) is 83.8 Å². The molecular formula is C30H29ClN6. The molecule has 0 radical (unpaired) electrons. The number of rotatable bonds is 4. The van der Waals surface area contributed by atoms with Crippen molar-refractivity contribution in [2.45, 2.75) is 24.8 Å². The van der Waals surface area contributed by atoms with Gasteiger partial charge in [-0.25, -0.2) is 15.0 Å². The summed E-state index contributed by atoms with van der Waals surface area (Å²) in [5, 5.41) is 1.59. The summed E-state index contributed by atoms with van der Waals surface area (Å²) in [5.74, 6) is 1.51. The van der Waals surface area contributed by atoms with Gasteiger partial charge in [-0.2, -0.15) is 0 Å². The molecule has 1 saturated heterocycles. The maximum absolute atomic E-state index is 6.68. The molecule has 0 amide bonds. The summed E-state index contributed by atoms with van der Waals surface area (Å²) < 4.78 is 2.16. The maximum Gasteiger partial charge on any atom is 0.155 e. The average molecular weight is 509 g/mol. The van der Waals surface area contributed by atoms with Gasteiger partial charge in [-0.15, -0.1) is 0 Å². The molecule has 7 rings (SSSR count). The van der Waals surface area contributed by atoms with Gasteiger partial charge in [0.2, 0.25) is 0 Å². The van der Waals surface area contributed by atoms with Crippen molar-refractivity contribution in [2.75, 3.05) is 33.2 Å². The van der Waals surface area contributed by atoms with Crippen LogP contribution >= 0.6 is 11.6 Å². The van der Waals surface area contributed by atoms with Crippen molar-refractivity contribution in [3.05, 3.63) is 84.0 Å². The number of halogens is 1. The number of likely N-dealkylation sites (N-methyl/N-ethyl adjacent to an activating group) is 1. The number of imidazole rings is 1. The van der Waals surface area contributed by atoms with E-state index in [-0.39, 0.29) is 0 Å². The Morgan fingerprint density at radius 2 is 1.65 bits per heavy atom. The third-order valence-electron chi connectivity index (χ3n) is 8.11. The number of pyridine rings is 1. The number of fused-ring (bicyclic) bond motifs is 2. The number of hydrogen-bond donors (Lipinski definition) is 0. The van der Waals surface area contributed by atoms with Gasteiger partial charge >= 0.3 is 0 Å². The van der Waals surface area contributed by atoms with Crippen LogP contribution in [0.1, 0.15) is 24.6 Å². The van der Waals surface area contributed by atoms with Crippen LogP contribution in [0.3, 0.4) is 0 Å². The standard InChI is InChI=1S/C30H29ClN6/c1-35-13-15-36(16-14-35)24-17-23(18-24)30-34-27(28-29(31)32-11-12-37(28)30)22-8-7-21-9-10-25(33-26(21)19-22)20-5-3-2-4-6-20/h2-12,19,23-24H,13-18H2,1H3/t23-,24+. The van der Waals surface area contributed by atoms with Gasteiger partial charge in [0, 0.05) is 67.0 Å². The highest BCUT2D eigenvalue weighted by molar-refractivity contribution is 6.33. The monoisotopic (exact) mass is 508 g/mol. The van der Waals surface area contributed by atoms with Gasteiger partial charge in [-0.05, 0) is 32.0 Å². The third kappa shape index (κ3) is 4.09. The highest BCUT2D eigenvalue weighted by Gasteiger charge is 2.38. The molecule has 186 valence electrons. The van der Waals surface area contributed by atoms with Crippen molar-refractivity contribution in [3.8, 4) is 22.5 Å². The first kappa shape index (κ1) is 22.8. The van der Waals surface area contributed by atoms with Crippen LogP contribution in [-0.2, 0) is 0 Å². The Morgan fingerprint density at radius 1 is 0.865 bits per heavy atom. The van der Waals surface area contributed by atoms with Gasteiger partial charge < -0.3 is 4.90 Å². The fourth-order valence-corrected chi connectivity index (χ4v) is 6.07. The maximum atomic E-state index is 6.68. The molecule has 0 bridgehead atoms. The van der Waals surface area contributed by atoms with Crippen molar-refractivity contribution in [1.82, 2.24) is 29.2 Å². The van der Waals surface area contributed by atoms with E-state index in [2.05, 4.69) is 68.7 Å². The number of piperazine rings is 1. The Kier molecular flexibility index (Phi) is 5.69. The molecule has 1 aliphatic carbocycles. The van der Waals surface area contributed by atoms with Gasteiger partial charge in [0.25, 0.3) is 0 Å². The fourth-order valence-electron chi connectivity index (χ4n) is 5.83. The summed E-state index contributed by atoms with van der Waals surface area (Å²) >= 11 is 6.68. The lowest BCUT2D eigenvalue weighted by Crippen LogP contribution is -2.52. The summed E-state index contributed by atoms with van der Waals surface area (Å²) in [7, 11) is 2.21. The van der Waals surface area contributed by atoms with Gasteiger partial charge in [0.05, 0.1) is 16.9 Å². The summed E-state index contributed by atoms with van der Waals surface area (Å²) in [5.41, 5.74) is 5.78. The van der Waals surface area contributed by atoms with Gasteiger partial charge in [0.1, 0.15) is 11.3 Å². The Hall–Kier alpha value is -3.32. The minimum absolute atomic E-state index is 0.424. The summed E-state index contributed by atoms with van der Waals surface area (Å²) in [6.45, 7) is 4.63. The summed E-state index contributed by atoms with van der Waals surface area (Å²) in [4.78, 5) is 19.6. The second-order valence-electron chi connectivity index (χ2n) is 10.4. The van der Waals surface area contributed by atoms with Crippen LogP contribution in [-0.4, -0.2) is 68.4 Å². The molecule has 1 saturated carbocycles. The molecule has 2 aliphatic rings. The molecule has 37 heavy (non-hydrogen) atoms. The second kappa shape index (κ2) is 9.21. The van der Waals surface area contributed by atoms with E-state index in [1.165, 1.54) is 0 Å². The smallest absolute Gasteiger partial charge is 0.155 e. The molecule has 7 heteroatoms. The highest BCUT2D eigenvalue weighted by Crippen LogP contribution is 2.42. The molecule has 1 aliphatic heterocycles. The molecule has 0 spiro atoms. The van der Waals surface area contributed by atoms with E-state index in [1.807, 2.05) is 24.4 Å². The molecule has 4 heterocycles. The van der Waals surface area contributed by atoms with Crippen LogP contribution in [0.2, 0.25) is 5.15 Å². The normalized spacial score (nSPS) is 20.9. The minimum atomic E-state index is 0.424. The van der Waals surface area contributed by atoms with E-state index in [9.17, 15) is 0 Å². The van der Waals surface area contributed by atoms with Crippen molar-refractivity contribution < 1.29 is 0 Å². The van der Waals surface area contributed by atoms with Crippen LogP contribution < -0.4 is 0 Å². The van der Waals surface area contributed by atoms with E-state index < -0.39 is 0 Å². The topological polar surface area (TPSA) is 49.6 Å². The number of hydrogen-bond acceptors (Lipinski definition) is 5. The third-order valence-corrected chi connectivity index (χ3v) is 8.38. The first-order valence-corrected chi connectivity index (χ1v) is 13.4. The fraction of sp³-hybridized carbons (Fsp3) is 0.300. The van der Waals surface area contributed by atoms with E-state index in [1.54, 1.807) is 6.20 Å². The van der Waals surface area contributed by atoms with Crippen molar-refractivity contribution in [1.29, 1.82) is 0 Å². The largest absolute Gasteiger partial charge is 0.304 e. The Morgan fingerprint density at radius 3 is 2.46 bits per heavy atom. The second-order valence-corrected chi connectivity index (χ2v) is 10.7. The molecule has 3 aromatic heterocycles. The molecule has 0 atom stereocenters. The van der Waals surface area contributed by atoms with Gasteiger partial charge in [0.15, 0.2) is 5.15 Å². The molecular weight excluding hydrogens is 480 g/mol. The molecule has 2 aromatic carbocycles. The molecule has 6 nitrogen and oxygen atoms in total. The Labute approximate surface area is 221 Å². The van der Waals surface area contributed by atoms with Crippen LogP contribution in [0.25, 0.3) is 38.9 Å². The van der Waals surface area contributed by atoms with Crippen LogP contribution in [0.5, 0.6) is 0 Å². The quantitative estimate of drug-likeness (QED) is 0.309. The number of benzene rings is 2. The van der Waals surface area contributed by atoms with Gasteiger partial charge in [-0.3, -0.25) is 9.30 Å². The first-order valence-electron chi connectivity index (χ1n) is 13.1. The zero-order valence-corrected chi connectivity index (χ0v) is 21.6. The average Bonchev–Trinajstić information content (AvgIpc) is 3.29. The van der Waals surface area contributed by atoms with Crippen LogP contribution in [0.4, 0.5) is 0 Å². The SMILES string of the molecule is CN1CCN([C@H]2C[C@@H](c3nc(-c4ccc5ccc(-c6ccccc6)nc5c4)c4c(Cl)nccn43)C2)CC1. The van der Waals surface area contributed by atoms with Crippen molar-refractivity contribution in [3.63, 3.8) is 0 Å². The first-order chi connectivity index (χ1) is 18.1. The molecule has 5 aromatic rings. The predicted octanol–water partition coefficient (Wildman–Crippen LogP) is 5.76. The number of aromatic nitrogens is 4. The lowest BCUT2D eigenvalue weighted by atomic mass is 9.78. The Balaban J connectivity index is 1.24. The Bertz CT molecular complexity index is 1580. The van der Waals surface area contributed by atoms with E-state index in [4.69, 9.17) is 21.6 Å². The van der Waals surface area contributed by atoms with Crippen LogP contribution in [0, 0.1) is 0 Å². The molecule has 0 N–H and O–H groups in total. The molecule has 0 unspecified atom stereocenters. The summed E-state index contributed by atoms with van der Waals surface area (Å²) in [6, 6.07) is 21.5.